The van der Waals surface area contributed by atoms with E-state index in [1.807, 2.05) is 12.1 Å². The second kappa shape index (κ2) is 7.50. The molecule has 116 valence electrons. The van der Waals surface area contributed by atoms with E-state index in [1.54, 1.807) is 11.8 Å². The highest BCUT2D eigenvalue weighted by atomic mass is 32.2. The number of hydrogen-bond donors (Lipinski definition) is 1. The fraction of sp³-hybridized carbons (Fsp3) is 0.588. The van der Waals surface area contributed by atoms with Crippen LogP contribution in [0.5, 0.6) is 5.75 Å². The van der Waals surface area contributed by atoms with E-state index in [0.29, 0.717) is 10.9 Å². The Morgan fingerprint density at radius 2 is 2.10 bits per heavy atom. The maximum atomic E-state index is 6.27. The first-order valence-electron chi connectivity index (χ1n) is 7.75. The van der Waals surface area contributed by atoms with Crippen LogP contribution >= 0.6 is 24.0 Å². The lowest BCUT2D eigenvalue weighted by molar-refractivity contribution is 0.100. The van der Waals surface area contributed by atoms with Gasteiger partial charge in [0.2, 0.25) is 0 Å². The Kier molecular flexibility index (Phi) is 5.94. The van der Waals surface area contributed by atoms with Gasteiger partial charge in [0.15, 0.2) is 0 Å². The fourth-order valence-electron chi connectivity index (χ4n) is 2.91. The molecule has 0 saturated heterocycles. The summed E-state index contributed by atoms with van der Waals surface area (Å²) in [6, 6.07) is 6.10. The van der Waals surface area contributed by atoms with Crippen LogP contribution in [-0.2, 0) is 0 Å². The molecule has 3 unspecified atom stereocenters. The Morgan fingerprint density at radius 3 is 2.71 bits per heavy atom. The molecular weight excluding hydrogens is 298 g/mol. The molecular formula is C17H25NOS2. The van der Waals surface area contributed by atoms with Crippen molar-refractivity contribution >= 4 is 29.0 Å². The third-order valence-electron chi connectivity index (χ3n) is 4.38. The van der Waals surface area contributed by atoms with Gasteiger partial charge in [0.1, 0.15) is 10.7 Å². The van der Waals surface area contributed by atoms with E-state index >= 15 is 0 Å². The Balaban J connectivity index is 2.19. The number of nitrogens with two attached hydrogens (primary N) is 1. The average molecular weight is 324 g/mol. The molecule has 0 heterocycles. The summed E-state index contributed by atoms with van der Waals surface area (Å²) in [6.07, 6.45) is 3.75. The topological polar surface area (TPSA) is 35.2 Å². The minimum Gasteiger partial charge on any atom is -0.490 e. The van der Waals surface area contributed by atoms with Crippen molar-refractivity contribution in [2.45, 2.75) is 51.0 Å². The Morgan fingerprint density at radius 1 is 1.33 bits per heavy atom. The molecule has 1 aliphatic rings. The largest absolute Gasteiger partial charge is 0.490 e. The molecule has 4 heteroatoms. The third-order valence-corrected chi connectivity index (χ3v) is 5.52. The summed E-state index contributed by atoms with van der Waals surface area (Å²) >= 11 is 7.01. The van der Waals surface area contributed by atoms with Crippen molar-refractivity contribution in [2.75, 3.05) is 5.75 Å². The zero-order chi connectivity index (χ0) is 15.4. The van der Waals surface area contributed by atoms with Crippen molar-refractivity contribution in [1.29, 1.82) is 0 Å². The van der Waals surface area contributed by atoms with Crippen LogP contribution in [0.1, 0.15) is 45.6 Å². The molecule has 1 saturated carbocycles. The van der Waals surface area contributed by atoms with Crippen LogP contribution in [0.2, 0.25) is 0 Å². The lowest BCUT2D eigenvalue weighted by atomic mass is 9.80. The van der Waals surface area contributed by atoms with Crippen LogP contribution < -0.4 is 10.5 Å². The van der Waals surface area contributed by atoms with Crippen LogP contribution in [-0.4, -0.2) is 16.8 Å². The van der Waals surface area contributed by atoms with Gasteiger partial charge in [-0.25, -0.2) is 0 Å². The maximum Gasteiger partial charge on any atom is 0.131 e. The number of thiocarbonyl (C=S) groups is 1. The maximum absolute atomic E-state index is 6.27. The van der Waals surface area contributed by atoms with Gasteiger partial charge in [0, 0.05) is 4.90 Å². The van der Waals surface area contributed by atoms with E-state index in [2.05, 4.69) is 26.8 Å². The van der Waals surface area contributed by atoms with Gasteiger partial charge in [-0.3, -0.25) is 0 Å². The zero-order valence-electron chi connectivity index (χ0n) is 13.1. The van der Waals surface area contributed by atoms with Gasteiger partial charge in [0.05, 0.1) is 11.7 Å². The van der Waals surface area contributed by atoms with Crippen molar-refractivity contribution in [3.63, 3.8) is 0 Å². The summed E-state index contributed by atoms with van der Waals surface area (Å²) in [5, 5.41) is 0. The summed E-state index contributed by atoms with van der Waals surface area (Å²) in [5.74, 6) is 3.36. The van der Waals surface area contributed by atoms with Crippen molar-refractivity contribution in [2.24, 2.45) is 17.6 Å². The quantitative estimate of drug-likeness (QED) is 0.632. The molecule has 1 aliphatic carbocycles. The van der Waals surface area contributed by atoms with Crippen molar-refractivity contribution in [1.82, 2.24) is 0 Å². The van der Waals surface area contributed by atoms with E-state index in [0.717, 1.165) is 40.7 Å². The first kappa shape index (κ1) is 16.6. The summed E-state index contributed by atoms with van der Waals surface area (Å²) in [5.41, 5.74) is 6.85. The van der Waals surface area contributed by atoms with Gasteiger partial charge in [-0.2, -0.15) is 0 Å². The Labute approximate surface area is 137 Å². The molecule has 0 bridgehead atoms. The Bertz CT molecular complexity index is 504. The summed E-state index contributed by atoms with van der Waals surface area (Å²) in [7, 11) is 0. The summed E-state index contributed by atoms with van der Waals surface area (Å²) < 4.78 is 6.27. The first-order chi connectivity index (χ1) is 10.0. The molecule has 2 N–H and O–H groups in total. The van der Waals surface area contributed by atoms with Gasteiger partial charge in [-0.05, 0) is 49.0 Å². The molecule has 1 aromatic carbocycles. The Hall–Kier alpha value is -0.740. The number of rotatable bonds is 5. The fourth-order valence-corrected chi connectivity index (χ4v) is 4.03. The predicted octanol–water partition coefficient (Wildman–Crippen LogP) is 4.64. The van der Waals surface area contributed by atoms with E-state index in [1.165, 1.54) is 6.42 Å². The normalized spacial score (nSPS) is 25.6. The van der Waals surface area contributed by atoms with E-state index < -0.39 is 0 Å². The smallest absolute Gasteiger partial charge is 0.131 e. The molecule has 2 rings (SSSR count). The lowest BCUT2D eigenvalue weighted by Gasteiger charge is -2.32. The average Bonchev–Trinajstić information content (AvgIpc) is 2.43. The van der Waals surface area contributed by atoms with Gasteiger partial charge in [-0.15, -0.1) is 11.8 Å². The van der Waals surface area contributed by atoms with E-state index in [9.17, 15) is 0 Å². The van der Waals surface area contributed by atoms with Crippen molar-refractivity contribution < 1.29 is 4.74 Å². The highest BCUT2D eigenvalue weighted by Gasteiger charge is 2.26. The highest BCUT2D eigenvalue weighted by Crippen LogP contribution is 2.35. The molecule has 0 radical (unpaired) electrons. The van der Waals surface area contributed by atoms with E-state index in [-0.39, 0.29) is 6.10 Å². The van der Waals surface area contributed by atoms with E-state index in [4.69, 9.17) is 22.7 Å². The van der Waals surface area contributed by atoms with Crippen LogP contribution in [0, 0.1) is 11.8 Å². The van der Waals surface area contributed by atoms with Gasteiger partial charge >= 0.3 is 0 Å². The zero-order valence-corrected chi connectivity index (χ0v) is 14.7. The summed E-state index contributed by atoms with van der Waals surface area (Å²) in [4.78, 5) is 1.55. The molecule has 0 aliphatic heterocycles. The molecule has 1 aromatic rings. The minimum atomic E-state index is 0.283. The predicted molar refractivity (Wildman–Crippen MR) is 95.3 cm³/mol. The van der Waals surface area contributed by atoms with Crippen LogP contribution in [0.4, 0.5) is 0 Å². The number of thioether (sulfide) groups is 1. The molecule has 3 atom stereocenters. The van der Waals surface area contributed by atoms with Crippen molar-refractivity contribution in [3.8, 4) is 5.75 Å². The number of ether oxygens (including phenoxy) is 1. The van der Waals surface area contributed by atoms with Crippen molar-refractivity contribution in [3.05, 3.63) is 23.8 Å². The lowest BCUT2D eigenvalue weighted by Crippen LogP contribution is -2.29. The molecule has 0 spiro atoms. The van der Waals surface area contributed by atoms with Crippen LogP contribution in [0.3, 0.4) is 0 Å². The molecule has 0 aromatic heterocycles. The SMILES string of the molecule is CCSc1cccc(OC2CCC(C)C(C)C2)c1C(N)=S. The molecule has 21 heavy (non-hydrogen) atoms. The standard InChI is InChI=1S/C17H25NOS2/c1-4-21-15-7-5-6-14(16(15)17(18)20)19-13-9-8-11(2)12(3)10-13/h5-7,11-13H,4,8-10H2,1-3H3,(H2,18,20). The minimum absolute atomic E-state index is 0.283. The monoisotopic (exact) mass is 323 g/mol. The number of benzene rings is 1. The molecule has 0 amide bonds. The van der Waals surface area contributed by atoms with Crippen LogP contribution in [0.25, 0.3) is 0 Å². The first-order valence-corrected chi connectivity index (χ1v) is 9.14. The van der Waals surface area contributed by atoms with Gasteiger partial charge in [0.25, 0.3) is 0 Å². The van der Waals surface area contributed by atoms with Gasteiger partial charge < -0.3 is 10.5 Å². The summed E-state index contributed by atoms with van der Waals surface area (Å²) in [6.45, 7) is 6.78. The van der Waals surface area contributed by atoms with Gasteiger partial charge in [-0.1, -0.05) is 39.1 Å². The number of hydrogen-bond acceptors (Lipinski definition) is 3. The molecule has 1 fully saturated rings. The highest BCUT2D eigenvalue weighted by molar-refractivity contribution is 7.99. The molecule has 2 nitrogen and oxygen atoms in total. The second-order valence-corrected chi connectivity index (χ2v) is 7.68. The van der Waals surface area contributed by atoms with Crippen LogP contribution in [0.15, 0.2) is 23.1 Å². The second-order valence-electron chi connectivity index (χ2n) is 5.93. The third kappa shape index (κ3) is 4.13.